The van der Waals surface area contributed by atoms with Crippen LogP contribution >= 0.6 is 27.5 Å². The van der Waals surface area contributed by atoms with Gasteiger partial charge in [0, 0.05) is 19.0 Å². The fourth-order valence-corrected chi connectivity index (χ4v) is 3.09. The zero-order valence-corrected chi connectivity index (χ0v) is 12.3. The van der Waals surface area contributed by atoms with E-state index in [1.165, 1.54) is 6.07 Å². The molecule has 1 aromatic carbocycles. The summed E-state index contributed by atoms with van der Waals surface area (Å²) in [5.41, 5.74) is 0.360. The van der Waals surface area contributed by atoms with E-state index in [1.807, 2.05) is 0 Å². The number of alkyl halides is 1. The molecule has 0 unspecified atom stereocenters. The standard InChI is InChI=1S/C13H14BrClFNO/c1-17(7-8-5-9(15)6-8)13(18)10-3-2-4-11(16)12(10)14/h2-4,8-9H,5-7H2,1H3. The fourth-order valence-electron chi connectivity index (χ4n) is 2.15. The van der Waals surface area contributed by atoms with Crippen molar-refractivity contribution in [3.8, 4) is 0 Å². The Labute approximate surface area is 119 Å². The number of benzene rings is 1. The van der Waals surface area contributed by atoms with Crippen LogP contribution in [0.15, 0.2) is 22.7 Å². The van der Waals surface area contributed by atoms with Crippen molar-refractivity contribution in [2.45, 2.75) is 18.2 Å². The lowest BCUT2D eigenvalue weighted by molar-refractivity contribution is 0.0745. The monoisotopic (exact) mass is 333 g/mol. The fraction of sp³-hybridized carbons (Fsp3) is 0.462. The van der Waals surface area contributed by atoms with Gasteiger partial charge in [-0.3, -0.25) is 4.79 Å². The summed E-state index contributed by atoms with van der Waals surface area (Å²) in [6, 6.07) is 4.49. The van der Waals surface area contributed by atoms with Crippen LogP contribution in [-0.4, -0.2) is 29.8 Å². The smallest absolute Gasteiger partial charge is 0.254 e. The summed E-state index contributed by atoms with van der Waals surface area (Å²) in [4.78, 5) is 13.8. The molecule has 0 spiro atoms. The summed E-state index contributed by atoms with van der Waals surface area (Å²) in [6.45, 7) is 0.672. The molecule has 1 amide bonds. The maximum atomic E-state index is 13.4. The van der Waals surface area contributed by atoms with E-state index < -0.39 is 5.82 Å². The summed E-state index contributed by atoms with van der Waals surface area (Å²) in [5, 5.41) is 0.249. The van der Waals surface area contributed by atoms with Crippen LogP contribution in [-0.2, 0) is 0 Å². The van der Waals surface area contributed by atoms with Crippen molar-refractivity contribution in [1.29, 1.82) is 0 Å². The molecule has 0 aromatic heterocycles. The molecule has 0 saturated heterocycles. The first-order valence-corrected chi connectivity index (χ1v) is 7.05. The molecule has 1 aliphatic rings. The number of rotatable bonds is 3. The molecule has 1 aliphatic carbocycles. The van der Waals surface area contributed by atoms with Gasteiger partial charge in [0.05, 0.1) is 10.0 Å². The summed E-state index contributed by atoms with van der Waals surface area (Å²) in [5.74, 6) is -0.119. The highest BCUT2D eigenvalue weighted by atomic mass is 79.9. The minimum Gasteiger partial charge on any atom is -0.341 e. The van der Waals surface area contributed by atoms with Crippen molar-refractivity contribution in [3.05, 3.63) is 34.1 Å². The van der Waals surface area contributed by atoms with E-state index in [0.29, 0.717) is 18.0 Å². The molecule has 2 rings (SSSR count). The van der Waals surface area contributed by atoms with E-state index in [2.05, 4.69) is 15.9 Å². The molecule has 1 aromatic rings. The summed E-state index contributed by atoms with van der Waals surface area (Å²) in [7, 11) is 1.74. The zero-order valence-electron chi connectivity index (χ0n) is 10.00. The third kappa shape index (κ3) is 2.86. The molecule has 0 heterocycles. The highest BCUT2D eigenvalue weighted by Crippen LogP contribution is 2.32. The molecule has 0 aliphatic heterocycles. The molecular weight excluding hydrogens is 321 g/mol. The average molecular weight is 335 g/mol. The van der Waals surface area contributed by atoms with Crippen molar-refractivity contribution in [2.24, 2.45) is 5.92 Å². The number of carbonyl (C=O) groups is 1. The minimum absolute atomic E-state index is 0.167. The van der Waals surface area contributed by atoms with Crippen LogP contribution in [0, 0.1) is 11.7 Å². The highest BCUT2D eigenvalue weighted by molar-refractivity contribution is 9.10. The van der Waals surface area contributed by atoms with E-state index in [9.17, 15) is 9.18 Å². The molecular formula is C13H14BrClFNO. The number of nitrogens with zero attached hydrogens (tertiary/aromatic N) is 1. The van der Waals surface area contributed by atoms with E-state index >= 15 is 0 Å². The SMILES string of the molecule is CN(CC1CC(Cl)C1)C(=O)c1cccc(F)c1Br. The number of hydrogen-bond acceptors (Lipinski definition) is 1. The van der Waals surface area contributed by atoms with Gasteiger partial charge >= 0.3 is 0 Å². The van der Waals surface area contributed by atoms with Gasteiger partial charge in [0.1, 0.15) is 5.82 Å². The molecule has 1 saturated carbocycles. The number of carbonyl (C=O) groups excluding carboxylic acids is 1. The normalized spacial score (nSPS) is 22.4. The van der Waals surface area contributed by atoms with Crippen LogP contribution in [0.25, 0.3) is 0 Å². The Bertz CT molecular complexity index is 462. The Hall–Kier alpha value is -0.610. The van der Waals surface area contributed by atoms with Crippen molar-refractivity contribution >= 4 is 33.4 Å². The van der Waals surface area contributed by atoms with E-state index in [4.69, 9.17) is 11.6 Å². The second-order valence-corrected chi connectivity index (χ2v) is 6.13. The average Bonchev–Trinajstić information content (AvgIpc) is 2.30. The van der Waals surface area contributed by atoms with Crippen molar-refractivity contribution in [3.63, 3.8) is 0 Å². The highest BCUT2D eigenvalue weighted by Gasteiger charge is 2.29. The lowest BCUT2D eigenvalue weighted by Gasteiger charge is -2.34. The first-order valence-electron chi connectivity index (χ1n) is 5.82. The Morgan fingerprint density at radius 3 is 2.83 bits per heavy atom. The first-order chi connectivity index (χ1) is 8.49. The predicted octanol–water partition coefficient (Wildman–Crippen LogP) is 3.68. The third-order valence-electron chi connectivity index (χ3n) is 3.24. The van der Waals surface area contributed by atoms with E-state index in [-0.39, 0.29) is 15.8 Å². The van der Waals surface area contributed by atoms with Gasteiger partial charge in [-0.1, -0.05) is 6.07 Å². The van der Waals surface area contributed by atoms with Gasteiger partial charge in [0.25, 0.3) is 5.91 Å². The van der Waals surface area contributed by atoms with Gasteiger partial charge in [0.2, 0.25) is 0 Å². The number of amides is 1. The third-order valence-corrected chi connectivity index (χ3v) is 4.40. The lowest BCUT2D eigenvalue weighted by Crippen LogP contribution is -2.38. The molecule has 0 N–H and O–H groups in total. The van der Waals surface area contributed by atoms with Gasteiger partial charge in [-0.05, 0) is 46.8 Å². The summed E-state index contributed by atoms with van der Waals surface area (Å²) in [6.07, 6.45) is 1.90. The molecule has 1 fully saturated rings. The first kappa shape index (κ1) is 13.8. The molecule has 2 nitrogen and oxygen atoms in total. The minimum atomic E-state index is -0.418. The Balaban J connectivity index is 2.04. The van der Waals surface area contributed by atoms with Crippen LogP contribution in [0.2, 0.25) is 0 Å². The zero-order chi connectivity index (χ0) is 13.3. The molecule has 98 valence electrons. The van der Waals surface area contributed by atoms with Crippen LogP contribution in [0.3, 0.4) is 0 Å². The summed E-state index contributed by atoms with van der Waals surface area (Å²) < 4.78 is 13.6. The molecule has 18 heavy (non-hydrogen) atoms. The van der Waals surface area contributed by atoms with Gasteiger partial charge in [-0.2, -0.15) is 0 Å². The maximum absolute atomic E-state index is 13.4. The van der Waals surface area contributed by atoms with Crippen LogP contribution in [0.4, 0.5) is 4.39 Å². The molecule has 0 atom stereocenters. The Morgan fingerprint density at radius 2 is 2.22 bits per heavy atom. The molecule has 0 bridgehead atoms. The molecule has 0 radical (unpaired) electrons. The van der Waals surface area contributed by atoms with Crippen molar-refractivity contribution < 1.29 is 9.18 Å². The topological polar surface area (TPSA) is 20.3 Å². The lowest BCUT2D eigenvalue weighted by atomic mass is 9.84. The van der Waals surface area contributed by atoms with Gasteiger partial charge in [-0.25, -0.2) is 4.39 Å². The largest absolute Gasteiger partial charge is 0.341 e. The second-order valence-electron chi connectivity index (χ2n) is 4.72. The van der Waals surface area contributed by atoms with Crippen LogP contribution < -0.4 is 0 Å². The number of halogens is 3. The van der Waals surface area contributed by atoms with Crippen LogP contribution in [0.1, 0.15) is 23.2 Å². The Kier molecular flexibility index (Phi) is 4.28. The molecule has 5 heteroatoms. The van der Waals surface area contributed by atoms with Crippen LogP contribution in [0.5, 0.6) is 0 Å². The summed E-state index contributed by atoms with van der Waals surface area (Å²) >= 11 is 9.02. The van der Waals surface area contributed by atoms with E-state index in [1.54, 1.807) is 24.1 Å². The maximum Gasteiger partial charge on any atom is 0.254 e. The van der Waals surface area contributed by atoms with Crippen molar-refractivity contribution in [2.75, 3.05) is 13.6 Å². The predicted molar refractivity (Wildman–Crippen MR) is 73.4 cm³/mol. The van der Waals surface area contributed by atoms with E-state index in [0.717, 1.165) is 12.8 Å². The quantitative estimate of drug-likeness (QED) is 0.772. The van der Waals surface area contributed by atoms with Crippen molar-refractivity contribution in [1.82, 2.24) is 4.90 Å². The van der Waals surface area contributed by atoms with Gasteiger partial charge in [0.15, 0.2) is 0 Å². The second kappa shape index (κ2) is 5.57. The van der Waals surface area contributed by atoms with Gasteiger partial charge < -0.3 is 4.90 Å². The number of hydrogen-bond donors (Lipinski definition) is 0. The van der Waals surface area contributed by atoms with Gasteiger partial charge in [-0.15, -0.1) is 11.6 Å². The Morgan fingerprint density at radius 1 is 1.56 bits per heavy atom.